The molecule has 2 fully saturated rings. The highest BCUT2D eigenvalue weighted by molar-refractivity contribution is 6.02. The molecule has 2 aliphatic rings. The number of likely N-dealkylation sites (N-methyl/N-ethyl adjacent to an activating group) is 2. The number of hydrogen-bond acceptors (Lipinski definition) is 17. The van der Waals surface area contributed by atoms with Gasteiger partial charge in [0.1, 0.15) is 24.7 Å². The average Bonchev–Trinajstić information content (AvgIpc) is 2.09. The van der Waals surface area contributed by atoms with Crippen LogP contribution in [0.5, 0.6) is 0 Å². The summed E-state index contributed by atoms with van der Waals surface area (Å²) in [5.41, 5.74) is 6.70. The second-order valence-electron chi connectivity index (χ2n) is 24.7. The zero-order chi connectivity index (χ0) is 68.0. The molecule has 2 heterocycles. The Balaban J connectivity index is 1.39. The number of carbonyl (C=O) groups is 11. The monoisotopic (exact) mass is 1280 g/mol. The van der Waals surface area contributed by atoms with Gasteiger partial charge in [-0.25, -0.2) is 14.4 Å². The second-order valence-corrected chi connectivity index (χ2v) is 24.7. The van der Waals surface area contributed by atoms with Crippen molar-refractivity contribution in [1.29, 1.82) is 0 Å². The summed E-state index contributed by atoms with van der Waals surface area (Å²) in [5, 5.41) is 27.9. The molecule has 2 aromatic rings. The Kier molecular flexibility index (Phi) is 30.2. The van der Waals surface area contributed by atoms with Crippen LogP contribution in [0.4, 0.5) is 15.3 Å². The zero-order valence-electron chi connectivity index (χ0n) is 55.3. The summed E-state index contributed by atoms with van der Waals surface area (Å²) in [4.78, 5) is 156. The van der Waals surface area contributed by atoms with Crippen LogP contribution in [0, 0.1) is 29.6 Å². The minimum absolute atomic E-state index is 0.0521. The van der Waals surface area contributed by atoms with Crippen LogP contribution in [-0.4, -0.2) is 193 Å². The van der Waals surface area contributed by atoms with Gasteiger partial charge in [0.25, 0.3) is 11.8 Å². The first-order valence-corrected chi connectivity index (χ1v) is 31.4. The van der Waals surface area contributed by atoms with Gasteiger partial charge in [-0.3, -0.25) is 48.6 Å². The van der Waals surface area contributed by atoms with Crippen LogP contribution in [-0.2, 0) is 68.8 Å². The van der Waals surface area contributed by atoms with Gasteiger partial charge in [0.15, 0.2) is 0 Å². The summed E-state index contributed by atoms with van der Waals surface area (Å²) >= 11 is 0. The third-order valence-electron chi connectivity index (χ3n) is 16.9. The van der Waals surface area contributed by atoms with Crippen molar-refractivity contribution in [3.8, 4) is 0 Å². The lowest BCUT2D eigenvalue weighted by Gasteiger charge is -2.41. The molecule has 91 heavy (non-hydrogen) atoms. The number of nitrogens with two attached hydrogens (primary N) is 1. The van der Waals surface area contributed by atoms with Gasteiger partial charge < -0.3 is 66.3 Å². The Morgan fingerprint density at radius 3 is 1.93 bits per heavy atom. The number of aliphatic hydroxyl groups is 1. The Hall–Kier alpha value is -7.75. The molecule has 2 aliphatic heterocycles. The molecule has 0 spiro atoms. The maximum atomic E-state index is 14.8. The summed E-state index contributed by atoms with van der Waals surface area (Å²) in [6, 6.07) is 8.54. The molecule has 0 aliphatic carbocycles. The lowest BCUT2D eigenvalue weighted by Crippen LogP contribution is -2.60. The highest BCUT2D eigenvalue weighted by Gasteiger charge is 2.44. The molecule has 0 aromatic heterocycles. The zero-order valence-corrected chi connectivity index (χ0v) is 55.3. The fourth-order valence-electron chi connectivity index (χ4n) is 11.5. The van der Waals surface area contributed by atoms with E-state index in [1.165, 1.54) is 21.3 Å². The number of ether oxygens (including phenoxy) is 3. The summed E-state index contributed by atoms with van der Waals surface area (Å²) in [6.07, 6.45) is -1.35. The fraction of sp³-hybridized carbons (Fsp3) is 0.641. The van der Waals surface area contributed by atoms with Gasteiger partial charge in [0.05, 0.1) is 61.4 Å². The molecule has 506 valence electrons. The largest absolute Gasteiger partial charge is 0.445 e. The van der Waals surface area contributed by atoms with Crippen molar-refractivity contribution in [3.05, 3.63) is 65.7 Å². The van der Waals surface area contributed by atoms with Crippen LogP contribution >= 0.6 is 0 Å². The number of aliphatic hydroxyl groups excluding tert-OH is 1. The molecule has 0 bridgehead atoms. The van der Waals surface area contributed by atoms with Gasteiger partial charge in [-0.15, -0.1) is 5.06 Å². The van der Waals surface area contributed by atoms with Gasteiger partial charge in [-0.05, 0) is 79.5 Å². The topological polar surface area (TPSA) is 356 Å². The predicted octanol–water partition coefficient (Wildman–Crippen LogP) is 3.67. The summed E-state index contributed by atoms with van der Waals surface area (Å²) in [7, 11) is 6.06. The Morgan fingerprint density at radius 1 is 0.747 bits per heavy atom. The van der Waals surface area contributed by atoms with E-state index in [1.54, 1.807) is 109 Å². The van der Waals surface area contributed by atoms with Gasteiger partial charge in [-0.2, -0.15) is 0 Å². The highest BCUT2D eigenvalue weighted by Crippen LogP contribution is 2.31. The number of benzene rings is 2. The minimum atomic E-state index is -1.15. The van der Waals surface area contributed by atoms with Crippen molar-refractivity contribution >= 4 is 71.0 Å². The van der Waals surface area contributed by atoms with E-state index in [-0.39, 0.29) is 63.0 Å². The van der Waals surface area contributed by atoms with Crippen molar-refractivity contribution in [2.75, 3.05) is 53.3 Å². The Morgan fingerprint density at radius 2 is 1.37 bits per heavy atom. The summed E-state index contributed by atoms with van der Waals surface area (Å²) < 4.78 is 17.7. The van der Waals surface area contributed by atoms with E-state index in [4.69, 9.17) is 24.8 Å². The molecule has 0 radical (unpaired) electrons. The number of nitrogens with one attached hydrogen (secondary N) is 6. The number of primary amides is 1. The molecule has 0 saturated carbocycles. The number of nitrogens with zero attached hydrogens (tertiary/aromatic N) is 4. The third kappa shape index (κ3) is 21.7. The molecule has 2 saturated heterocycles. The molecular weight excluding hydrogens is 1180 g/mol. The second kappa shape index (κ2) is 36.3. The number of amides is 11. The van der Waals surface area contributed by atoms with E-state index in [9.17, 15) is 57.8 Å². The molecule has 1 unspecified atom stereocenters. The molecule has 9 N–H and O–H groups in total. The van der Waals surface area contributed by atoms with Crippen LogP contribution in [0.1, 0.15) is 138 Å². The molecule has 12 atom stereocenters. The number of rotatable bonds is 35. The van der Waals surface area contributed by atoms with Gasteiger partial charge >= 0.3 is 18.1 Å². The lowest BCUT2D eigenvalue weighted by atomic mass is 9.89. The smallest absolute Gasteiger partial charge is 0.410 e. The Bertz CT molecular complexity index is 2770. The quantitative estimate of drug-likeness (QED) is 0.0360. The molecule has 27 heteroatoms. The van der Waals surface area contributed by atoms with Crippen LogP contribution in [0.3, 0.4) is 0 Å². The van der Waals surface area contributed by atoms with Crippen molar-refractivity contribution in [1.82, 2.24) is 46.3 Å². The van der Waals surface area contributed by atoms with E-state index >= 15 is 0 Å². The number of methoxy groups -OCH3 is 2. The lowest BCUT2D eigenvalue weighted by molar-refractivity contribution is -0.196. The van der Waals surface area contributed by atoms with Gasteiger partial charge in [0.2, 0.25) is 35.4 Å². The minimum Gasteiger partial charge on any atom is -0.445 e. The summed E-state index contributed by atoms with van der Waals surface area (Å²) in [5.74, 6) is -7.35. The van der Waals surface area contributed by atoms with Crippen molar-refractivity contribution in [3.63, 3.8) is 0 Å². The first kappa shape index (κ1) is 75.7. The first-order valence-electron chi connectivity index (χ1n) is 31.4. The molecule has 11 amide bonds. The number of imide groups is 1. The van der Waals surface area contributed by atoms with E-state index in [0.29, 0.717) is 47.7 Å². The molecule has 2 aromatic carbocycles. The Labute approximate surface area is 534 Å². The number of hydroxylamine groups is 2. The number of hydrogen-bond donors (Lipinski definition) is 8. The maximum absolute atomic E-state index is 14.8. The number of urea groups is 1. The molecule has 27 nitrogen and oxygen atoms in total. The predicted molar refractivity (Wildman–Crippen MR) is 336 cm³/mol. The number of anilines is 1. The normalized spacial score (nSPS) is 17.8. The van der Waals surface area contributed by atoms with Crippen molar-refractivity contribution in [2.24, 2.45) is 35.3 Å². The fourth-order valence-corrected chi connectivity index (χ4v) is 11.5. The molecular formula is C64H99N11O16. The SMILES string of the molecule is CC[C@H](C)[C@@H](C(CC(=O)N1CCC[C@H]1[C@H](OC)[C@@H](C)C(=O)N[C@H](C)[C@@H](O)c1ccccc1)OC)N(C)C(=O)[C@@H](NC(=O)[C@H](C(C)C)N(C)C(=O)OCc1ccc(NC(=O)[C@H](CCCNC(N)=O)NC(=O)[C@@H](NCC(=O)ON2C(=O)CCC2=O)C(C)C)cc1)C(C)C. The van der Waals surface area contributed by atoms with Crippen LogP contribution < -0.4 is 37.6 Å². The van der Waals surface area contributed by atoms with Crippen LogP contribution in [0.15, 0.2) is 54.6 Å². The van der Waals surface area contributed by atoms with Crippen molar-refractivity contribution in [2.45, 2.75) is 188 Å². The van der Waals surface area contributed by atoms with Crippen LogP contribution in [0.2, 0.25) is 0 Å². The molecule has 4 rings (SSSR count). The summed E-state index contributed by atoms with van der Waals surface area (Å²) in [6.45, 7) is 17.6. The van der Waals surface area contributed by atoms with E-state index < -0.39 is 144 Å². The average molecular weight is 1280 g/mol. The highest BCUT2D eigenvalue weighted by atomic mass is 16.7. The van der Waals surface area contributed by atoms with E-state index in [1.807, 2.05) is 32.0 Å². The first-order chi connectivity index (χ1) is 43.0. The van der Waals surface area contributed by atoms with E-state index in [0.717, 1.165) is 4.90 Å². The third-order valence-corrected chi connectivity index (χ3v) is 16.9. The standard InChI is InChI=1S/C64H99N11O16/c1-15-39(8)55(47(88-13)33-50(78)74-32-20-24-46(74)57(89-14)40(9)58(81)68-41(10)56(80)43-21-17-16-18-22-43)72(11)62(85)53(37(4)5)71-61(84)54(38(6)7)73(12)64(87)90-35-42-25-27-44(28-26-42)69-59(82)45(23-19-31-66-63(65)86)70-60(83)52(36(2)3)67-34-51(79)91-75-48(76)29-30-49(75)77/h16-18,21-22,25-28,36-41,45-47,52-57,67,80H,15,19-20,23-24,29-35H2,1-14H3,(H,68,81)(H,69,82)(H,70,83)(H,71,84)(H3,65,66,86)/t39-,40+,41+,45-,46-,47?,52-,53-,54-,55-,56+,57+/m0/s1. The van der Waals surface area contributed by atoms with Gasteiger partial charge in [0, 0.05) is 59.9 Å². The number of carbonyl (C=O) groups excluding carboxylic acids is 11. The van der Waals surface area contributed by atoms with Crippen LogP contribution in [0.25, 0.3) is 0 Å². The van der Waals surface area contributed by atoms with E-state index in [2.05, 4.69) is 31.9 Å². The maximum Gasteiger partial charge on any atom is 0.410 e. The van der Waals surface area contributed by atoms with Gasteiger partial charge in [-0.1, -0.05) is 111 Å². The number of likely N-dealkylation sites (tertiary alicyclic amines) is 1. The van der Waals surface area contributed by atoms with Crippen molar-refractivity contribution < 1.29 is 76.9 Å².